The van der Waals surface area contributed by atoms with Gasteiger partial charge in [0.25, 0.3) is 10.0 Å². The van der Waals surface area contributed by atoms with Crippen molar-refractivity contribution in [1.82, 2.24) is 10.2 Å². The number of ether oxygens (including phenoxy) is 1. The summed E-state index contributed by atoms with van der Waals surface area (Å²) in [6.45, 7) is 5.07. The van der Waals surface area contributed by atoms with Crippen LogP contribution in [0.2, 0.25) is 10.0 Å². The number of hydrogen-bond donors (Lipinski definition) is 1. The van der Waals surface area contributed by atoms with Gasteiger partial charge in [0.15, 0.2) is 0 Å². The average molecular weight is 621 g/mol. The van der Waals surface area contributed by atoms with Crippen LogP contribution in [-0.4, -0.2) is 50.9 Å². The molecule has 0 aliphatic heterocycles. The van der Waals surface area contributed by atoms with Crippen LogP contribution in [0, 0.1) is 0 Å². The van der Waals surface area contributed by atoms with Gasteiger partial charge in [-0.1, -0.05) is 61.3 Å². The largest absolute Gasteiger partial charge is 0.497 e. The number of methoxy groups -OCH3 is 1. The van der Waals surface area contributed by atoms with Crippen LogP contribution < -0.4 is 14.4 Å². The van der Waals surface area contributed by atoms with E-state index in [1.165, 1.54) is 42.3 Å². The van der Waals surface area contributed by atoms with Gasteiger partial charge >= 0.3 is 0 Å². The summed E-state index contributed by atoms with van der Waals surface area (Å²) in [6.07, 6.45) is 1.02. The van der Waals surface area contributed by atoms with Gasteiger partial charge in [-0.25, -0.2) is 8.42 Å². The maximum absolute atomic E-state index is 14.1. The van der Waals surface area contributed by atoms with E-state index in [-0.39, 0.29) is 29.1 Å². The van der Waals surface area contributed by atoms with Crippen molar-refractivity contribution < 1.29 is 22.7 Å². The Kier molecular flexibility index (Phi) is 11.5. The Balaban J connectivity index is 2.07. The SMILES string of the molecule is CC[C@H](C(=O)N[C@@H](C)CC)N(Cc1ccccc1Cl)C(=O)CN(c1cccc(Cl)c1)S(=O)(=O)c1ccc(OC)cc1. The number of rotatable bonds is 13. The molecule has 0 aromatic heterocycles. The van der Waals surface area contributed by atoms with Crippen LogP contribution >= 0.6 is 23.2 Å². The minimum atomic E-state index is -4.24. The highest BCUT2D eigenvalue weighted by Crippen LogP contribution is 2.28. The molecule has 0 radical (unpaired) electrons. The number of carbonyl (C=O) groups is 2. The second-order valence-corrected chi connectivity index (χ2v) is 12.2. The number of halogens is 2. The maximum atomic E-state index is 14.1. The van der Waals surface area contributed by atoms with E-state index in [4.69, 9.17) is 27.9 Å². The highest BCUT2D eigenvalue weighted by Gasteiger charge is 2.34. The van der Waals surface area contributed by atoms with Crippen LogP contribution in [0.1, 0.15) is 39.2 Å². The molecule has 0 aliphatic carbocycles. The highest BCUT2D eigenvalue weighted by atomic mass is 35.5. The first kappa shape index (κ1) is 32.2. The number of hydrogen-bond acceptors (Lipinski definition) is 5. The van der Waals surface area contributed by atoms with E-state index in [0.29, 0.717) is 34.2 Å². The number of amides is 2. The minimum Gasteiger partial charge on any atom is -0.497 e. The topological polar surface area (TPSA) is 96.0 Å². The zero-order valence-corrected chi connectivity index (χ0v) is 25.8. The Morgan fingerprint density at radius 3 is 2.22 bits per heavy atom. The molecule has 2 amide bonds. The molecule has 3 rings (SSSR count). The molecule has 0 aliphatic rings. The van der Waals surface area contributed by atoms with Crippen molar-refractivity contribution in [2.24, 2.45) is 0 Å². The zero-order chi connectivity index (χ0) is 30.2. The lowest BCUT2D eigenvalue weighted by Crippen LogP contribution is -2.53. The second-order valence-electron chi connectivity index (χ2n) is 9.52. The molecule has 3 aromatic carbocycles. The molecule has 0 spiro atoms. The Hall–Kier alpha value is -3.27. The van der Waals surface area contributed by atoms with Crippen molar-refractivity contribution in [3.8, 4) is 5.75 Å². The van der Waals surface area contributed by atoms with E-state index in [1.54, 1.807) is 49.4 Å². The highest BCUT2D eigenvalue weighted by molar-refractivity contribution is 7.92. The molecule has 0 unspecified atom stereocenters. The first-order valence-corrected chi connectivity index (χ1v) is 15.5. The third-order valence-electron chi connectivity index (χ3n) is 6.71. The van der Waals surface area contributed by atoms with Crippen molar-refractivity contribution in [2.75, 3.05) is 18.0 Å². The summed E-state index contributed by atoms with van der Waals surface area (Å²) < 4.78 is 34.1. The molecule has 41 heavy (non-hydrogen) atoms. The van der Waals surface area contributed by atoms with Crippen molar-refractivity contribution >= 4 is 50.7 Å². The third-order valence-corrected chi connectivity index (χ3v) is 9.10. The molecule has 2 atom stereocenters. The Morgan fingerprint density at radius 2 is 1.63 bits per heavy atom. The van der Waals surface area contributed by atoms with Crippen LogP contribution in [0.3, 0.4) is 0 Å². The first-order chi connectivity index (χ1) is 19.5. The van der Waals surface area contributed by atoms with E-state index < -0.39 is 28.5 Å². The summed E-state index contributed by atoms with van der Waals surface area (Å²) in [5.74, 6) is -0.416. The number of anilines is 1. The molecule has 0 saturated heterocycles. The van der Waals surface area contributed by atoms with Crippen LogP contribution in [0.4, 0.5) is 5.69 Å². The maximum Gasteiger partial charge on any atom is 0.264 e. The lowest BCUT2D eigenvalue weighted by Gasteiger charge is -2.34. The average Bonchev–Trinajstić information content (AvgIpc) is 2.96. The van der Waals surface area contributed by atoms with Crippen molar-refractivity contribution in [3.05, 3.63) is 88.4 Å². The number of nitrogens with one attached hydrogen (secondary N) is 1. The summed E-state index contributed by atoms with van der Waals surface area (Å²) in [5, 5.41) is 3.68. The Morgan fingerprint density at radius 1 is 0.951 bits per heavy atom. The van der Waals surface area contributed by atoms with Gasteiger partial charge in [-0.3, -0.25) is 13.9 Å². The van der Waals surface area contributed by atoms with Gasteiger partial charge in [0, 0.05) is 22.6 Å². The van der Waals surface area contributed by atoms with Crippen LogP contribution in [-0.2, 0) is 26.2 Å². The Labute approximate surface area is 252 Å². The molecule has 0 bridgehead atoms. The predicted molar refractivity (Wildman–Crippen MR) is 163 cm³/mol. The van der Waals surface area contributed by atoms with Gasteiger partial charge in [0.05, 0.1) is 17.7 Å². The first-order valence-electron chi connectivity index (χ1n) is 13.3. The molecular formula is C30H35Cl2N3O5S. The number of benzene rings is 3. The number of sulfonamides is 1. The fourth-order valence-corrected chi connectivity index (χ4v) is 5.99. The lowest BCUT2D eigenvalue weighted by molar-refractivity contribution is -0.140. The Bertz CT molecular complexity index is 1450. The molecule has 220 valence electrons. The van der Waals surface area contributed by atoms with Gasteiger partial charge < -0.3 is 15.0 Å². The molecule has 0 saturated carbocycles. The standard InChI is InChI=1S/C30H35Cl2N3O5S/c1-5-21(3)33-30(37)28(6-2)34(19-22-10-7-8-13-27(22)32)29(36)20-35(24-12-9-11-23(31)18-24)41(38,39)26-16-14-25(40-4)15-17-26/h7-18,21,28H,5-6,19-20H2,1-4H3,(H,33,37)/t21-,28+/m0/s1. The normalized spacial score (nSPS) is 12.7. The van der Waals surface area contributed by atoms with Gasteiger partial charge in [-0.05, 0) is 73.9 Å². The van der Waals surface area contributed by atoms with E-state index >= 15 is 0 Å². The molecule has 0 fully saturated rings. The van der Waals surface area contributed by atoms with Gasteiger partial charge in [-0.15, -0.1) is 0 Å². The molecule has 11 heteroatoms. The number of nitrogens with zero attached hydrogens (tertiary/aromatic N) is 2. The van der Waals surface area contributed by atoms with E-state index in [1.807, 2.05) is 13.8 Å². The van der Waals surface area contributed by atoms with Crippen molar-refractivity contribution in [2.45, 2.75) is 57.1 Å². The molecular weight excluding hydrogens is 585 g/mol. The van der Waals surface area contributed by atoms with Gasteiger partial charge in [0.1, 0.15) is 18.3 Å². The molecule has 8 nitrogen and oxygen atoms in total. The van der Waals surface area contributed by atoms with E-state index in [0.717, 1.165) is 4.31 Å². The van der Waals surface area contributed by atoms with E-state index in [2.05, 4.69) is 5.32 Å². The van der Waals surface area contributed by atoms with E-state index in [9.17, 15) is 18.0 Å². The lowest BCUT2D eigenvalue weighted by atomic mass is 10.1. The summed E-state index contributed by atoms with van der Waals surface area (Å²) in [5.41, 5.74) is 0.834. The predicted octanol–water partition coefficient (Wildman–Crippen LogP) is 5.92. The van der Waals surface area contributed by atoms with Crippen LogP contribution in [0.25, 0.3) is 0 Å². The summed E-state index contributed by atoms with van der Waals surface area (Å²) in [7, 11) is -2.75. The van der Waals surface area contributed by atoms with Gasteiger partial charge in [-0.2, -0.15) is 0 Å². The summed E-state index contributed by atoms with van der Waals surface area (Å²) in [6, 6.07) is 18.2. The molecule has 0 heterocycles. The fraction of sp³-hybridized carbons (Fsp3) is 0.333. The number of carbonyl (C=O) groups excluding carboxylic acids is 2. The summed E-state index contributed by atoms with van der Waals surface area (Å²) >= 11 is 12.7. The van der Waals surface area contributed by atoms with Gasteiger partial charge in [0.2, 0.25) is 11.8 Å². The molecule has 1 N–H and O–H groups in total. The molecule has 3 aromatic rings. The smallest absolute Gasteiger partial charge is 0.264 e. The van der Waals surface area contributed by atoms with Crippen LogP contribution in [0.15, 0.2) is 77.7 Å². The third kappa shape index (κ3) is 8.15. The second kappa shape index (κ2) is 14.6. The van der Waals surface area contributed by atoms with Crippen molar-refractivity contribution in [1.29, 1.82) is 0 Å². The quantitative estimate of drug-likeness (QED) is 0.256. The minimum absolute atomic E-state index is 0.0108. The van der Waals surface area contributed by atoms with Crippen LogP contribution in [0.5, 0.6) is 5.75 Å². The zero-order valence-electron chi connectivity index (χ0n) is 23.5. The monoisotopic (exact) mass is 619 g/mol. The fourth-order valence-electron chi connectivity index (χ4n) is 4.21. The summed E-state index contributed by atoms with van der Waals surface area (Å²) in [4.78, 5) is 28.8. The van der Waals surface area contributed by atoms with Crippen molar-refractivity contribution in [3.63, 3.8) is 0 Å².